The number of Topliss-reactive ketones (excluding diaryl/α,β-unsaturated/α-hetero) is 1. The molecule has 0 bridgehead atoms. The van der Waals surface area contributed by atoms with E-state index in [0.29, 0.717) is 5.78 Å². The van der Waals surface area contributed by atoms with E-state index in [1.165, 1.54) is 12.0 Å². The Morgan fingerprint density at radius 1 is 1.32 bits per heavy atom. The number of carbonyl (C=O) groups excluding carboxylic acids is 1. The number of hydrogen-bond donors (Lipinski definition) is 0. The number of nitrogens with zero attached hydrogens (tertiary/aromatic N) is 1. The first-order valence-corrected chi connectivity index (χ1v) is 7.47. The van der Waals surface area contributed by atoms with Gasteiger partial charge in [0.25, 0.3) is 0 Å². The van der Waals surface area contributed by atoms with Crippen LogP contribution in [0.5, 0.6) is 0 Å². The number of benzene rings is 1. The first-order valence-electron chi connectivity index (χ1n) is 7.09. The first kappa shape index (κ1) is 14.5. The second kappa shape index (κ2) is 6.53. The Hall–Kier alpha value is -0.860. The number of hydrogen-bond acceptors (Lipinski definition) is 2. The molecule has 1 aliphatic rings. The third kappa shape index (κ3) is 3.58. The number of carbonyl (C=O) groups is 1. The lowest BCUT2D eigenvalue weighted by Gasteiger charge is -2.32. The van der Waals surface area contributed by atoms with Gasteiger partial charge in [0.2, 0.25) is 0 Å². The third-order valence-electron chi connectivity index (χ3n) is 4.21. The maximum Gasteiger partial charge on any atom is 0.149 e. The summed E-state index contributed by atoms with van der Waals surface area (Å²) >= 11 is 6.05. The zero-order chi connectivity index (χ0) is 13.8. The van der Waals surface area contributed by atoms with E-state index in [2.05, 4.69) is 24.9 Å². The molecule has 0 radical (unpaired) electrons. The molecule has 1 aliphatic carbocycles. The maximum absolute atomic E-state index is 12.2. The van der Waals surface area contributed by atoms with Gasteiger partial charge in [-0.05, 0) is 44.5 Å². The van der Waals surface area contributed by atoms with Crippen LogP contribution in [0.25, 0.3) is 0 Å². The monoisotopic (exact) mass is 279 g/mol. The van der Waals surface area contributed by atoms with Gasteiger partial charge in [0.15, 0.2) is 0 Å². The SMILES string of the molecule is CC(c1cccc(Cl)c1)N(C)C1CCCCCC1=O. The molecule has 2 unspecified atom stereocenters. The Balaban J connectivity index is 2.13. The molecule has 3 heteroatoms. The lowest BCUT2D eigenvalue weighted by atomic mass is 10.0. The molecular weight excluding hydrogens is 258 g/mol. The molecule has 19 heavy (non-hydrogen) atoms. The van der Waals surface area contributed by atoms with Crippen molar-refractivity contribution in [1.29, 1.82) is 0 Å². The predicted molar refractivity (Wildman–Crippen MR) is 79.5 cm³/mol. The van der Waals surface area contributed by atoms with Gasteiger partial charge in [0.1, 0.15) is 5.78 Å². The van der Waals surface area contributed by atoms with Crippen LogP contribution in [0.4, 0.5) is 0 Å². The minimum absolute atomic E-state index is 0.0662. The minimum Gasteiger partial charge on any atom is -0.298 e. The fourth-order valence-electron chi connectivity index (χ4n) is 2.84. The van der Waals surface area contributed by atoms with Crippen LogP contribution < -0.4 is 0 Å². The fourth-order valence-corrected chi connectivity index (χ4v) is 3.04. The summed E-state index contributed by atoms with van der Waals surface area (Å²) in [5, 5.41) is 0.755. The number of likely N-dealkylation sites (N-methyl/N-ethyl adjacent to an activating group) is 1. The van der Waals surface area contributed by atoms with E-state index < -0.39 is 0 Å². The fraction of sp³-hybridized carbons (Fsp3) is 0.562. The van der Waals surface area contributed by atoms with Gasteiger partial charge in [-0.25, -0.2) is 0 Å². The molecule has 104 valence electrons. The summed E-state index contributed by atoms with van der Waals surface area (Å²) in [4.78, 5) is 14.4. The van der Waals surface area contributed by atoms with Gasteiger partial charge in [0.05, 0.1) is 6.04 Å². The summed E-state index contributed by atoms with van der Waals surface area (Å²) in [6.07, 6.45) is 5.11. The molecule has 1 aromatic carbocycles. The maximum atomic E-state index is 12.2. The highest BCUT2D eigenvalue weighted by Crippen LogP contribution is 2.27. The summed E-state index contributed by atoms with van der Waals surface area (Å²) in [6.45, 7) is 2.14. The normalized spacial score (nSPS) is 22.3. The molecule has 1 saturated carbocycles. The van der Waals surface area contributed by atoms with Gasteiger partial charge in [-0.1, -0.05) is 36.6 Å². The summed E-state index contributed by atoms with van der Waals surface area (Å²) in [6, 6.07) is 8.20. The molecule has 2 nitrogen and oxygen atoms in total. The Morgan fingerprint density at radius 2 is 2.11 bits per heavy atom. The molecule has 0 heterocycles. The first-order chi connectivity index (χ1) is 9.09. The Labute approximate surface area is 120 Å². The van der Waals surface area contributed by atoms with Crippen molar-refractivity contribution in [2.75, 3.05) is 7.05 Å². The van der Waals surface area contributed by atoms with Crippen molar-refractivity contribution in [2.45, 2.75) is 51.1 Å². The predicted octanol–water partition coefficient (Wildman–Crippen LogP) is 4.23. The van der Waals surface area contributed by atoms with Crippen molar-refractivity contribution < 1.29 is 4.79 Å². The van der Waals surface area contributed by atoms with Crippen LogP contribution in [0.1, 0.15) is 50.6 Å². The zero-order valence-corrected chi connectivity index (χ0v) is 12.5. The molecule has 0 aromatic heterocycles. The molecular formula is C16H22ClNO. The molecule has 0 aliphatic heterocycles. The van der Waals surface area contributed by atoms with Crippen LogP contribution in [0, 0.1) is 0 Å². The van der Waals surface area contributed by atoms with Crippen LogP contribution in [0.2, 0.25) is 5.02 Å². The van der Waals surface area contributed by atoms with E-state index in [1.807, 2.05) is 18.2 Å². The van der Waals surface area contributed by atoms with E-state index >= 15 is 0 Å². The molecule has 2 atom stereocenters. The third-order valence-corrected chi connectivity index (χ3v) is 4.44. The van der Waals surface area contributed by atoms with E-state index in [4.69, 9.17) is 11.6 Å². The molecule has 0 spiro atoms. The lowest BCUT2D eigenvalue weighted by Crippen LogP contribution is -2.39. The van der Waals surface area contributed by atoms with Crippen molar-refractivity contribution >= 4 is 17.4 Å². The molecule has 2 rings (SSSR count). The van der Waals surface area contributed by atoms with E-state index in [-0.39, 0.29) is 12.1 Å². The van der Waals surface area contributed by atoms with Crippen LogP contribution in [-0.4, -0.2) is 23.8 Å². The number of halogens is 1. The highest BCUT2D eigenvalue weighted by atomic mass is 35.5. The zero-order valence-electron chi connectivity index (χ0n) is 11.7. The van der Waals surface area contributed by atoms with Gasteiger partial charge in [0, 0.05) is 17.5 Å². The molecule has 0 N–H and O–H groups in total. The highest BCUT2D eigenvalue weighted by molar-refractivity contribution is 6.30. The Kier molecular flexibility index (Phi) is 5.00. The van der Waals surface area contributed by atoms with Gasteiger partial charge in [-0.15, -0.1) is 0 Å². The van der Waals surface area contributed by atoms with Crippen LogP contribution in [0.3, 0.4) is 0 Å². The van der Waals surface area contributed by atoms with Crippen LogP contribution in [0.15, 0.2) is 24.3 Å². The van der Waals surface area contributed by atoms with Gasteiger partial charge in [-0.2, -0.15) is 0 Å². The summed E-state index contributed by atoms with van der Waals surface area (Å²) in [7, 11) is 2.06. The molecule has 1 aromatic rings. The van der Waals surface area contributed by atoms with Crippen molar-refractivity contribution in [3.63, 3.8) is 0 Å². The van der Waals surface area contributed by atoms with Gasteiger partial charge < -0.3 is 0 Å². The Morgan fingerprint density at radius 3 is 2.84 bits per heavy atom. The van der Waals surface area contributed by atoms with Gasteiger partial charge >= 0.3 is 0 Å². The van der Waals surface area contributed by atoms with Crippen molar-refractivity contribution in [1.82, 2.24) is 4.90 Å². The topological polar surface area (TPSA) is 20.3 Å². The smallest absolute Gasteiger partial charge is 0.149 e. The van der Waals surface area contributed by atoms with Crippen molar-refractivity contribution in [3.8, 4) is 0 Å². The van der Waals surface area contributed by atoms with Crippen LogP contribution in [-0.2, 0) is 4.79 Å². The van der Waals surface area contributed by atoms with Crippen molar-refractivity contribution in [2.24, 2.45) is 0 Å². The minimum atomic E-state index is 0.0662. The van der Waals surface area contributed by atoms with E-state index in [0.717, 1.165) is 30.7 Å². The second-order valence-electron chi connectivity index (χ2n) is 5.48. The standard InChI is InChI=1S/C16H22ClNO/c1-12(13-7-6-8-14(17)11-13)18(2)15-9-4-3-5-10-16(15)19/h6-8,11-12,15H,3-5,9-10H2,1-2H3. The van der Waals surface area contributed by atoms with Crippen molar-refractivity contribution in [3.05, 3.63) is 34.9 Å². The second-order valence-corrected chi connectivity index (χ2v) is 5.91. The number of ketones is 1. The average molecular weight is 280 g/mol. The Bertz CT molecular complexity index is 446. The van der Waals surface area contributed by atoms with Crippen LogP contribution >= 0.6 is 11.6 Å². The highest BCUT2D eigenvalue weighted by Gasteiger charge is 2.27. The van der Waals surface area contributed by atoms with Gasteiger partial charge in [-0.3, -0.25) is 9.69 Å². The lowest BCUT2D eigenvalue weighted by molar-refractivity contribution is -0.124. The quantitative estimate of drug-likeness (QED) is 0.772. The number of rotatable bonds is 3. The summed E-state index contributed by atoms with van der Waals surface area (Å²) in [5.74, 6) is 0.397. The average Bonchev–Trinajstić information content (AvgIpc) is 2.62. The molecule has 0 amide bonds. The largest absolute Gasteiger partial charge is 0.298 e. The van der Waals surface area contributed by atoms with E-state index in [9.17, 15) is 4.79 Å². The van der Waals surface area contributed by atoms with E-state index in [1.54, 1.807) is 0 Å². The summed E-state index contributed by atoms with van der Waals surface area (Å²) < 4.78 is 0. The summed E-state index contributed by atoms with van der Waals surface area (Å²) in [5.41, 5.74) is 1.17. The molecule has 0 saturated heterocycles. The molecule has 1 fully saturated rings.